The zero-order valence-electron chi connectivity index (χ0n) is 25.5. The summed E-state index contributed by atoms with van der Waals surface area (Å²) in [5.74, 6) is -0.962. The van der Waals surface area contributed by atoms with Gasteiger partial charge in [-0.1, -0.05) is 0 Å². The smallest absolute Gasteiger partial charge is 0.367 e. The molecule has 6 N–H and O–H groups in total. The van der Waals surface area contributed by atoms with Crippen molar-refractivity contribution in [2.24, 2.45) is 0 Å². The van der Waals surface area contributed by atoms with Gasteiger partial charge in [0, 0.05) is 63.0 Å². The van der Waals surface area contributed by atoms with Crippen molar-refractivity contribution in [3.8, 4) is 0 Å². The van der Waals surface area contributed by atoms with Crippen LogP contribution in [0.4, 0.5) is 61.2 Å². The summed E-state index contributed by atoms with van der Waals surface area (Å²) in [6, 6.07) is 9.02. The summed E-state index contributed by atoms with van der Waals surface area (Å²) in [6.07, 6.45) is -4.94. The van der Waals surface area contributed by atoms with Crippen LogP contribution in [0, 0.1) is 0 Å². The van der Waals surface area contributed by atoms with Crippen LogP contribution in [0.25, 0.3) is 32.6 Å². The van der Waals surface area contributed by atoms with Gasteiger partial charge in [0.15, 0.2) is 0 Å². The third-order valence-electron chi connectivity index (χ3n) is 8.31. The van der Waals surface area contributed by atoms with Gasteiger partial charge in [-0.15, -0.1) is 0 Å². The molecule has 2 aromatic carbocycles. The second kappa shape index (κ2) is 11.3. The highest BCUT2D eigenvalue weighted by Crippen LogP contribution is 2.38. The standard InChI is InChI=1S/C32H24F6N10O2/c33-31(34,35)19-11-40-30(47-25(19)41-13-1-2-13)44-16-6-8-22-18(10-16)23-17-9-15(5-7-21(17)45-27(49)24(23)28(50)46-22)42-26-20(32(36,37)38)12-39-29(48-26)43-14-3-4-14/h5-14H,1-4H2,(H,45,49)(H,46,50)(H2,39,42,43,48)(H2,40,41,44,47). The molecule has 0 aliphatic heterocycles. The Bertz CT molecular complexity index is 2440. The van der Waals surface area contributed by atoms with E-state index in [1.54, 1.807) is 12.1 Å². The number of benzene rings is 2. The lowest BCUT2D eigenvalue weighted by Gasteiger charge is -2.16. The SMILES string of the molecule is O=c1[nH]c2ccc(Nc3ncc(C(F)(F)F)c(NC4CC4)n3)cc2c2c1c(=O)[nH]c1ccc(Nc3nc(NC4CC4)ncc3C(F)(F)F)cc12. The lowest BCUT2D eigenvalue weighted by Crippen LogP contribution is -2.18. The Kier molecular flexibility index (Phi) is 7.09. The summed E-state index contributed by atoms with van der Waals surface area (Å²) >= 11 is 0. The molecule has 6 aromatic rings. The number of pyridine rings is 2. The Morgan fingerprint density at radius 3 is 1.68 bits per heavy atom. The van der Waals surface area contributed by atoms with Gasteiger partial charge in [0.2, 0.25) is 11.9 Å². The van der Waals surface area contributed by atoms with Crippen molar-refractivity contribution in [2.45, 2.75) is 50.1 Å². The van der Waals surface area contributed by atoms with Crippen LogP contribution in [0.1, 0.15) is 36.8 Å². The highest BCUT2D eigenvalue weighted by molar-refractivity contribution is 6.19. The molecule has 18 heteroatoms. The van der Waals surface area contributed by atoms with Crippen LogP contribution >= 0.6 is 0 Å². The molecular weight excluding hydrogens is 670 g/mol. The molecule has 2 fully saturated rings. The number of alkyl halides is 6. The van der Waals surface area contributed by atoms with Gasteiger partial charge in [0.25, 0.3) is 11.1 Å². The number of nitrogens with one attached hydrogen (secondary N) is 6. The Hall–Kier alpha value is -5.94. The van der Waals surface area contributed by atoms with Crippen LogP contribution < -0.4 is 32.4 Å². The zero-order valence-corrected chi connectivity index (χ0v) is 25.5. The van der Waals surface area contributed by atoms with E-state index in [0.29, 0.717) is 47.2 Å². The molecule has 2 aliphatic carbocycles. The summed E-state index contributed by atoms with van der Waals surface area (Å²) in [4.78, 5) is 47.5. The molecule has 12 nitrogen and oxygen atoms in total. The van der Waals surface area contributed by atoms with Gasteiger partial charge < -0.3 is 31.2 Å². The highest BCUT2D eigenvalue weighted by atomic mass is 19.4. The largest absolute Gasteiger partial charge is 0.421 e. The van der Waals surface area contributed by atoms with Crippen LogP contribution in [-0.2, 0) is 12.4 Å². The number of aromatic nitrogens is 6. The fraction of sp³-hybridized carbons (Fsp3) is 0.250. The van der Waals surface area contributed by atoms with Crippen LogP contribution in [0.2, 0.25) is 0 Å². The van der Waals surface area contributed by atoms with E-state index in [9.17, 15) is 35.9 Å². The van der Waals surface area contributed by atoms with E-state index in [1.165, 1.54) is 24.3 Å². The fourth-order valence-electron chi connectivity index (χ4n) is 5.60. The molecule has 2 aliphatic rings. The minimum absolute atomic E-state index is 0.0311. The Morgan fingerprint density at radius 1 is 0.620 bits per heavy atom. The van der Waals surface area contributed by atoms with Crippen LogP contribution in [0.15, 0.2) is 58.4 Å². The van der Waals surface area contributed by atoms with E-state index in [1.807, 2.05) is 0 Å². The molecule has 50 heavy (non-hydrogen) atoms. The Morgan fingerprint density at radius 2 is 1.12 bits per heavy atom. The van der Waals surface area contributed by atoms with Crippen molar-refractivity contribution in [1.29, 1.82) is 0 Å². The quantitative estimate of drug-likeness (QED) is 0.0739. The maximum Gasteiger partial charge on any atom is 0.421 e. The lowest BCUT2D eigenvalue weighted by atomic mass is 10.0. The first-order valence-corrected chi connectivity index (χ1v) is 15.4. The number of hydrogen-bond acceptors (Lipinski definition) is 10. The average molecular weight is 695 g/mol. The van der Waals surface area contributed by atoms with E-state index >= 15 is 0 Å². The molecule has 0 bridgehead atoms. The van der Waals surface area contributed by atoms with E-state index in [2.05, 4.69) is 51.2 Å². The maximum absolute atomic E-state index is 13.9. The van der Waals surface area contributed by atoms with Gasteiger partial charge in [0.05, 0.1) is 0 Å². The normalized spacial score (nSPS) is 15.1. The van der Waals surface area contributed by atoms with Crippen molar-refractivity contribution >= 4 is 67.5 Å². The first kappa shape index (κ1) is 31.3. The summed E-state index contributed by atoms with van der Waals surface area (Å²) in [7, 11) is 0. The van der Waals surface area contributed by atoms with Gasteiger partial charge in [-0.3, -0.25) is 9.59 Å². The zero-order chi connectivity index (χ0) is 34.9. The molecule has 0 amide bonds. The number of H-pyrrole nitrogens is 2. The minimum Gasteiger partial charge on any atom is -0.367 e. The second-order valence-electron chi connectivity index (χ2n) is 12.2. The van der Waals surface area contributed by atoms with Gasteiger partial charge in [-0.05, 0) is 62.1 Å². The van der Waals surface area contributed by atoms with Gasteiger partial charge in [-0.25, -0.2) is 9.97 Å². The molecule has 256 valence electrons. The highest BCUT2D eigenvalue weighted by Gasteiger charge is 2.37. The molecule has 4 heterocycles. The molecule has 0 radical (unpaired) electrons. The lowest BCUT2D eigenvalue weighted by molar-refractivity contribution is -0.138. The van der Waals surface area contributed by atoms with Crippen molar-refractivity contribution in [1.82, 2.24) is 29.9 Å². The number of hydrogen-bond donors (Lipinski definition) is 6. The molecule has 0 atom stereocenters. The minimum atomic E-state index is -4.77. The molecule has 2 saturated carbocycles. The first-order valence-electron chi connectivity index (χ1n) is 15.4. The van der Waals surface area contributed by atoms with Gasteiger partial charge >= 0.3 is 12.4 Å². The molecular formula is C32H24F6N10O2. The Labute approximate surface area is 275 Å². The monoisotopic (exact) mass is 694 g/mol. The summed E-state index contributed by atoms with van der Waals surface area (Å²) in [5, 5.41) is 12.0. The van der Waals surface area contributed by atoms with Crippen LogP contribution in [0.3, 0.4) is 0 Å². The summed E-state index contributed by atoms with van der Waals surface area (Å²) in [6.45, 7) is 0. The molecule has 8 rings (SSSR count). The number of nitrogens with zero attached hydrogens (tertiary/aromatic N) is 4. The van der Waals surface area contributed by atoms with Crippen molar-refractivity contribution in [3.05, 3.63) is 80.6 Å². The van der Waals surface area contributed by atoms with Gasteiger partial charge in [-0.2, -0.15) is 36.3 Å². The summed E-state index contributed by atoms with van der Waals surface area (Å²) < 4.78 is 82.7. The molecule has 4 aromatic heterocycles. The van der Waals surface area contributed by atoms with Gasteiger partial charge in [0.1, 0.15) is 28.1 Å². The van der Waals surface area contributed by atoms with E-state index in [0.717, 1.165) is 12.8 Å². The number of aromatic amines is 2. The third kappa shape index (κ3) is 6.07. The van der Waals surface area contributed by atoms with Crippen molar-refractivity contribution in [3.63, 3.8) is 0 Å². The van der Waals surface area contributed by atoms with Crippen molar-refractivity contribution < 1.29 is 26.3 Å². The number of halogens is 6. The number of fused-ring (bicyclic) bond motifs is 5. The predicted molar refractivity (Wildman–Crippen MR) is 174 cm³/mol. The molecule has 0 spiro atoms. The van der Waals surface area contributed by atoms with E-state index in [4.69, 9.17) is 0 Å². The van der Waals surface area contributed by atoms with E-state index in [-0.39, 0.29) is 51.8 Å². The van der Waals surface area contributed by atoms with Crippen LogP contribution in [0.5, 0.6) is 0 Å². The summed E-state index contributed by atoms with van der Waals surface area (Å²) in [5.41, 5.74) is -2.43. The van der Waals surface area contributed by atoms with E-state index < -0.39 is 40.4 Å². The molecule has 0 saturated heterocycles. The van der Waals surface area contributed by atoms with Crippen molar-refractivity contribution in [2.75, 3.05) is 21.3 Å². The average Bonchev–Trinajstić information content (AvgIpc) is 3.98. The predicted octanol–water partition coefficient (Wildman–Crippen LogP) is 6.78. The Balaban J connectivity index is 1.23. The third-order valence-corrected chi connectivity index (χ3v) is 8.31. The molecule has 0 unspecified atom stereocenters. The second-order valence-corrected chi connectivity index (χ2v) is 12.2. The topological polar surface area (TPSA) is 165 Å². The fourth-order valence-corrected chi connectivity index (χ4v) is 5.60. The number of anilines is 6. The first-order chi connectivity index (χ1) is 23.8. The van der Waals surface area contributed by atoms with Crippen LogP contribution in [-0.4, -0.2) is 42.0 Å². The maximum atomic E-state index is 13.9. The number of rotatable bonds is 8.